The van der Waals surface area contributed by atoms with Gasteiger partial charge in [-0.3, -0.25) is 4.68 Å². The average molecular weight is 296 g/mol. The van der Waals surface area contributed by atoms with Gasteiger partial charge in [0.25, 0.3) is 0 Å². The molecule has 1 aliphatic carbocycles. The molecule has 3 nitrogen and oxygen atoms in total. The molecule has 1 saturated carbocycles. The van der Waals surface area contributed by atoms with Crippen LogP contribution in [0.3, 0.4) is 0 Å². The van der Waals surface area contributed by atoms with Gasteiger partial charge in [0.1, 0.15) is 11.6 Å². The lowest BCUT2D eigenvalue weighted by Gasteiger charge is -1.97. The van der Waals surface area contributed by atoms with E-state index in [4.69, 9.17) is 0 Å². The van der Waals surface area contributed by atoms with Crippen LogP contribution in [0, 0.1) is 5.82 Å². The van der Waals surface area contributed by atoms with Crippen LogP contribution in [0.5, 0.6) is 0 Å². The second-order valence-electron chi connectivity index (χ2n) is 4.32. The summed E-state index contributed by atoms with van der Waals surface area (Å²) in [6.07, 6.45) is 2.39. The fourth-order valence-corrected chi connectivity index (χ4v) is 2.23. The predicted octanol–water partition coefficient (Wildman–Crippen LogP) is 3.26. The van der Waals surface area contributed by atoms with E-state index in [1.165, 1.54) is 18.9 Å². The highest BCUT2D eigenvalue weighted by molar-refractivity contribution is 9.10. The third-order valence-corrected chi connectivity index (χ3v) is 3.52. The van der Waals surface area contributed by atoms with E-state index >= 15 is 0 Å². The summed E-state index contributed by atoms with van der Waals surface area (Å²) in [6, 6.07) is 4.83. The van der Waals surface area contributed by atoms with Crippen molar-refractivity contribution in [1.29, 1.82) is 0 Å². The Balaban J connectivity index is 2.02. The molecule has 1 fully saturated rings. The first kappa shape index (κ1) is 10.9. The number of aromatic nitrogens is 3. The Hall–Kier alpha value is -1.23. The fourth-order valence-electron chi connectivity index (χ4n) is 1.85. The predicted molar refractivity (Wildman–Crippen MR) is 66.1 cm³/mol. The molecule has 1 aromatic heterocycles. The minimum atomic E-state index is -0.271. The van der Waals surface area contributed by atoms with Gasteiger partial charge in [-0.05, 0) is 47.0 Å². The summed E-state index contributed by atoms with van der Waals surface area (Å²) in [5.74, 6) is 1.98. The van der Waals surface area contributed by atoms with Crippen LogP contribution in [0.1, 0.15) is 24.6 Å². The van der Waals surface area contributed by atoms with Crippen LogP contribution < -0.4 is 0 Å². The van der Waals surface area contributed by atoms with Gasteiger partial charge in [0.2, 0.25) is 0 Å². The average Bonchev–Trinajstić information content (AvgIpc) is 3.06. The van der Waals surface area contributed by atoms with Crippen molar-refractivity contribution >= 4 is 15.9 Å². The van der Waals surface area contributed by atoms with Crippen molar-refractivity contribution in [3.8, 4) is 11.4 Å². The molecule has 2 aromatic rings. The normalized spacial score (nSPS) is 15.2. The number of halogens is 2. The Labute approximate surface area is 107 Å². The van der Waals surface area contributed by atoms with E-state index in [1.807, 2.05) is 11.7 Å². The maximum Gasteiger partial charge on any atom is 0.181 e. The molecule has 1 heterocycles. The van der Waals surface area contributed by atoms with Gasteiger partial charge in [-0.25, -0.2) is 9.37 Å². The van der Waals surface area contributed by atoms with Crippen molar-refractivity contribution in [2.45, 2.75) is 18.8 Å². The first-order chi connectivity index (χ1) is 8.15. The zero-order chi connectivity index (χ0) is 12.0. The summed E-state index contributed by atoms with van der Waals surface area (Å²) < 4.78 is 15.4. The Morgan fingerprint density at radius 1 is 1.41 bits per heavy atom. The van der Waals surface area contributed by atoms with E-state index in [1.54, 1.807) is 12.1 Å². The molecule has 0 unspecified atom stereocenters. The topological polar surface area (TPSA) is 30.7 Å². The Bertz CT molecular complexity index is 575. The van der Waals surface area contributed by atoms with Gasteiger partial charge in [0.15, 0.2) is 5.82 Å². The number of aryl methyl sites for hydroxylation is 1. The Morgan fingerprint density at radius 2 is 2.18 bits per heavy atom. The van der Waals surface area contributed by atoms with Crippen molar-refractivity contribution in [2.24, 2.45) is 7.05 Å². The van der Waals surface area contributed by atoms with Gasteiger partial charge < -0.3 is 0 Å². The summed E-state index contributed by atoms with van der Waals surface area (Å²) in [5, 5.41) is 4.38. The molecule has 0 aliphatic heterocycles. The zero-order valence-electron chi connectivity index (χ0n) is 9.32. The minimum absolute atomic E-state index is 0.271. The molecule has 88 valence electrons. The summed E-state index contributed by atoms with van der Waals surface area (Å²) in [4.78, 5) is 4.52. The first-order valence-electron chi connectivity index (χ1n) is 5.51. The second kappa shape index (κ2) is 3.91. The molecule has 0 bridgehead atoms. The molecule has 0 amide bonds. The minimum Gasteiger partial charge on any atom is -0.252 e. The van der Waals surface area contributed by atoms with Crippen LogP contribution in [0.25, 0.3) is 11.4 Å². The van der Waals surface area contributed by atoms with E-state index < -0.39 is 0 Å². The smallest absolute Gasteiger partial charge is 0.181 e. The third-order valence-electron chi connectivity index (χ3n) is 2.92. The van der Waals surface area contributed by atoms with Gasteiger partial charge in [0, 0.05) is 18.5 Å². The van der Waals surface area contributed by atoms with Gasteiger partial charge >= 0.3 is 0 Å². The van der Waals surface area contributed by atoms with Crippen LogP contribution in [0.2, 0.25) is 0 Å². The summed E-state index contributed by atoms with van der Waals surface area (Å²) in [6.45, 7) is 0. The van der Waals surface area contributed by atoms with Gasteiger partial charge in [0.05, 0.1) is 4.47 Å². The monoisotopic (exact) mass is 295 g/mol. The van der Waals surface area contributed by atoms with Crippen molar-refractivity contribution in [2.75, 3.05) is 0 Å². The number of hydrogen-bond acceptors (Lipinski definition) is 2. The maximum atomic E-state index is 13.1. The second-order valence-corrected chi connectivity index (χ2v) is 5.17. The number of rotatable bonds is 2. The fraction of sp³-hybridized carbons (Fsp3) is 0.333. The van der Waals surface area contributed by atoms with Crippen LogP contribution in [0.4, 0.5) is 4.39 Å². The van der Waals surface area contributed by atoms with Crippen molar-refractivity contribution in [1.82, 2.24) is 14.8 Å². The highest BCUT2D eigenvalue weighted by Gasteiger charge is 2.29. The summed E-state index contributed by atoms with van der Waals surface area (Å²) >= 11 is 3.17. The zero-order valence-corrected chi connectivity index (χ0v) is 10.9. The Kier molecular flexibility index (Phi) is 2.50. The largest absolute Gasteiger partial charge is 0.252 e. The van der Waals surface area contributed by atoms with E-state index in [-0.39, 0.29) is 5.82 Å². The molecule has 17 heavy (non-hydrogen) atoms. The molecule has 0 N–H and O–H groups in total. The molecule has 1 aliphatic rings. The third kappa shape index (κ3) is 1.99. The molecule has 1 aromatic carbocycles. The van der Waals surface area contributed by atoms with E-state index in [2.05, 4.69) is 26.0 Å². The van der Waals surface area contributed by atoms with E-state index in [9.17, 15) is 4.39 Å². The summed E-state index contributed by atoms with van der Waals surface area (Å²) in [7, 11) is 1.91. The molecule has 0 atom stereocenters. The molecular weight excluding hydrogens is 285 g/mol. The quantitative estimate of drug-likeness (QED) is 0.851. The number of nitrogens with zero attached hydrogens (tertiary/aromatic N) is 3. The SMILES string of the molecule is Cn1nc(-c2ccc(F)c(Br)c2)nc1C1CC1. The van der Waals surface area contributed by atoms with Crippen LogP contribution in [-0.2, 0) is 7.05 Å². The van der Waals surface area contributed by atoms with E-state index in [0.717, 1.165) is 11.4 Å². The van der Waals surface area contributed by atoms with E-state index in [0.29, 0.717) is 16.2 Å². The lowest BCUT2D eigenvalue weighted by molar-refractivity contribution is 0.621. The molecule has 0 radical (unpaired) electrons. The van der Waals surface area contributed by atoms with Crippen molar-refractivity contribution in [3.05, 3.63) is 34.3 Å². The van der Waals surface area contributed by atoms with Gasteiger partial charge in [-0.15, -0.1) is 0 Å². The standard InChI is InChI=1S/C12H11BrFN3/c1-17-12(7-2-3-7)15-11(16-17)8-4-5-10(14)9(13)6-8/h4-7H,2-3H2,1H3. The highest BCUT2D eigenvalue weighted by Crippen LogP contribution is 2.39. The Morgan fingerprint density at radius 3 is 2.82 bits per heavy atom. The highest BCUT2D eigenvalue weighted by atomic mass is 79.9. The first-order valence-corrected chi connectivity index (χ1v) is 6.31. The van der Waals surface area contributed by atoms with Gasteiger partial charge in [-0.2, -0.15) is 5.10 Å². The lowest BCUT2D eigenvalue weighted by atomic mass is 10.2. The van der Waals surface area contributed by atoms with Gasteiger partial charge in [-0.1, -0.05) is 0 Å². The van der Waals surface area contributed by atoms with Crippen LogP contribution >= 0.6 is 15.9 Å². The molecule has 3 rings (SSSR count). The number of hydrogen-bond donors (Lipinski definition) is 0. The number of benzene rings is 1. The molecule has 0 saturated heterocycles. The van der Waals surface area contributed by atoms with Crippen LogP contribution in [-0.4, -0.2) is 14.8 Å². The molecule has 0 spiro atoms. The van der Waals surface area contributed by atoms with Crippen molar-refractivity contribution < 1.29 is 4.39 Å². The van der Waals surface area contributed by atoms with Crippen LogP contribution in [0.15, 0.2) is 22.7 Å². The summed E-state index contributed by atoms with van der Waals surface area (Å²) in [5.41, 5.74) is 0.834. The lowest BCUT2D eigenvalue weighted by Crippen LogP contribution is -1.96. The van der Waals surface area contributed by atoms with Crippen molar-refractivity contribution in [3.63, 3.8) is 0 Å². The molecule has 5 heteroatoms. The maximum absolute atomic E-state index is 13.1. The molecular formula is C12H11BrFN3.